The molecule has 2 atom stereocenters. The highest BCUT2D eigenvalue weighted by atomic mass is 79.9. The van der Waals surface area contributed by atoms with Crippen molar-refractivity contribution in [2.45, 2.75) is 53.0 Å². The van der Waals surface area contributed by atoms with E-state index in [4.69, 9.17) is 4.42 Å². The lowest BCUT2D eigenvalue weighted by atomic mass is 9.90. The topological polar surface area (TPSA) is 25.2 Å². The van der Waals surface area contributed by atoms with Crippen LogP contribution in [0, 0.1) is 11.8 Å². The highest BCUT2D eigenvalue weighted by molar-refractivity contribution is 9.10. The van der Waals surface area contributed by atoms with Crippen molar-refractivity contribution >= 4 is 15.9 Å². The Hall–Kier alpha value is -0.280. The van der Waals surface area contributed by atoms with E-state index in [1.165, 1.54) is 12.0 Å². The molecule has 0 aliphatic rings. The quantitative estimate of drug-likeness (QED) is 0.717. The van der Waals surface area contributed by atoms with E-state index in [1.807, 2.05) is 0 Å². The highest BCUT2D eigenvalue weighted by Gasteiger charge is 2.19. The molecule has 0 aromatic carbocycles. The van der Waals surface area contributed by atoms with Crippen LogP contribution in [0.2, 0.25) is 0 Å². The standard InChI is InChI=1S/C15H26BrNO/c1-5-7-17-14(10-12(4)9-11(2)3)13-6-8-18-15(13)16/h6,8,11-12,14,17H,5,7,9-10H2,1-4H3. The van der Waals surface area contributed by atoms with Gasteiger partial charge in [0.2, 0.25) is 0 Å². The van der Waals surface area contributed by atoms with Crippen molar-refractivity contribution in [2.24, 2.45) is 11.8 Å². The molecule has 1 aromatic rings. The van der Waals surface area contributed by atoms with Crippen molar-refractivity contribution in [2.75, 3.05) is 6.54 Å². The first-order valence-electron chi connectivity index (χ1n) is 7.00. The van der Waals surface area contributed by atoms with Crippen molar-refractivity contribution in [1.82, 2.24) is 5.32 Å². The van der Waals surface area contributed by atoms with Crippen LogP contribution in [0.3, 0.4) is 0 Å². The van der Waals surface area contributed by atoms with E-state index >= 15 is 0 Å². The Morgan fingerprint density at radius 1 is 1.28 bits per heavy atom. The zero-order valence-corrected chi connectivity index (χ0v) is 13.6. The Morgan fingerprint density at radius 2 is 2.00 bits per heavy atom. The van der Waals surface area contributed by atoms with Gasteiger partial charge in [-0.15, -0.1) is 0 Å². The fourth-order valence-corrected chi connectivity index (χ4v) is 3.01. The lowest BCUT2D eigenvalue weighted by molar-refractivity contribution is 0.353. The molecule has 0 saturated heterocycles. The third-order valence-electron chi connectivity index (χ3n) is 3.17. The summed E-state index contributed by atoms with van der Waals surface area (Å²) in [5, 5.41) is 3.63. The second kappa shape index (κ2) is 8.00. The maximum Gasteiger partial charge on any atom is 0.173 e. The average molecular weight is 316 g/mol. The molecule has 1 N–H and O–H groups in total. The zero-order chi connectivity index (χ0) is 13.5. The molecular weight excluding hydrogens is 290 g/mol. The van der Waals surface area contributed by atoms with Crippen LogP contribution in [-0.2, 0) is 0 Å². The third-order valence-corrected chi connectivity index (χ3v) is 3.82. The molecule has 2 unspecified atom stereocenters. The van der Waals surface area contributed by atoms with Crippen LogP contribution in [0.15, 0.2) is 21.4 Å². The molecule has 1 heterocycles. The fourth-order valence-electron chi connectivity index (χ4n) is 2.50. The van der Waals surface area contributed by atoms with E-state index in [2.05, 4.69) is 55.0 Å². The Labute approximate surface area is 120 Å². The lowest BCUT2D eigenvalue weighted by Gasteiger charge is -2.23. The Kier molecular flexibility index (Phi) is 7.02. The molecule has 0 fully saturated rings. The van der Waals surface area contributed by atoms with E-state index in [-0.39, 0.29) is 0 Å². The zero-order valence-electron chi connectivity index (χ0n) is 12.0. The summed E-state index contributed by atoms with van der Waals surface area (Å²) in [4.78, 5) is 0. The Balaban J connectivity index is 2.64. The van der Waals surface area contributed by atoms with Crippen molar-refractivity contribution in [3.8, 4) is 0 Å². The molecule has 3 heteroatoms. The summed E-state index contributed by atoms with van der Waals surface area (Å²) in [6.07, 6.45) is 5.35. The molecule has 18 heavy (non-hydrogen) atoms. The first-order valence-corrected chi connectivity index (χ1v) is 7.80. The minimum Gasteiger partial charge on any atom is -0.457 e. The van der Waals surface area contributed by atoms with Crippen molar-refractivity contribution in [3.63, 3.8) is 0 Å². The molecule has 0 saturated carbocycles. The number of hydrogen-bond acceptors (Lipinski definition) is 2. The Morgan fingerprint density at radius 3 is 2.50 bits per heavy atom. The van der Waals surface area contributed by atoms with Crippen LogP contribution in [0.25, 0.3) is 0 Å². The third kappa shape index (κ3) is 5.15. The highest BCUT2D eigenvalue weighted by Crippen LogP contribution is 2.30. The van der Waals surface area contributed by atoms with E-state index < -0.39 is 0 Å². The second-order valence-corrected chi connectivity index (χ2v) is 6.35. The predicted octanol–water partition coefficient (Wildman–Crippen LogP) is 5.16. The smallest absolute Gasteiger partial charge is 0.173 e. The van der Waals surface area contributed by atoms with Crippen LogP contribution in [-0.4, -0.2) is 6.54 Å². The first kappa shape index (κ1) is 15.8. The predicted molar refractivity (Wildman–Crippen MR) is 80.7 cm³/mol. The summed E-state index contributed by atoms with van der Waals surface area (Å²) in [5.74, 6) is 1.49. The molecule has 104 valence electrons. The summed E-state index contributed by atoms with van der Waals surface area (Å²) < 4.78 is 6.23. The van der Waals surface area contributed by atoms with Gasteiger partial charge < -0.3 is 9.73 Å². The number of halogens is 1. The minimum absolute atomic E-state index is 0.395. The van der Waals surface area contributed by atoms with Gasteiger partial charge in [0.1, 0.15) is 0 Å². The SMILES string of the molecule is CCCNC(CC(C)CC(C)C)c1ccoc1Br. The maximum atomic E-state index is 5.36. The maximum absolute atomic E-state index is 5.36. The summed E-state index contributed by atoms with van der Waals surface area (Å²) in [7, 11) is 0. The molecule has 0 aliphatic carbocycles. The molecule has 0 spiro atoms. The van der Waals surface area contributed by atoms with E-state index in [1.54, 1.807) is 6.26 Å². The molecule has 1 rings (SSSR count). The van der Waals surface area contributed by atoms with E-state index in [0.29, 0.717) is 6.04 Å². The van der Waals surface area contributed by atoms with Crippen LogP contribution in [0.4, 0.5) is 0 Å². The summed E-state index contributed by atoms with van der Waals surface area (Å²) in [6.45, 7) is 10.2. The number of hydrogen-bond donors (Lipinski definition) is 1. The van der Waals surface area contributed by atoms with Gasteiger partial charge in [0.05, 0.1) is 6.26 Å². The Bertz CT molecular complexity index is 335. The van der Waals surface area contributed by atoms with Crippen molar-refractivity contribution in [1.29, 1.82) is 0 Å². The van der Waals surface area contributed by atoms with Gasteiger partial charge in [0.15, 0.2) is 4.67 Å². The van der Waals surface area contributed by atoms with Crippen LogP contribution in [0.1, 0.15) is 58.6 Å². The summed E-state index contributed by atoms with van der Waals surface area (Å²) in [6, 6.07) is 2.46. The van der Waals surface area contributed by atoms with Crippen LogP contribution < -0.4 is 5.32 Å². The molecule has 0 aliphatic heterocycles. The van der Waals surface area contributed by atoms with Gasteiger partial charge >= 0.3 is 0 Å². The monoisotopic (exact) mass is 315 g/mol. The summed E-state index contributed by atoms with van der Waals surface area (Å²) in [5.41, 5.74) is 1.25. The second-order valence-electron chi connectivity index (χ2n) is 5.63. The van der Waals surface area contributed by atoms with E-state index in [9.17, 15) is 0 Å². The molecular formula is C15H26BrNO. The molecule has 0 amide bonds. The van der Waals surface area contributed by atoms with Gasteiger partial charge in [-0.05, 0) is 59.6 Å². The lowest BCUT2D eigenvalue weighted by Crippen LogP contribution is -2.24. The van der Waals surface area contributed by atoms with E-state index in [0.717, 1.165) is 35.9 Å². The fraction of sp³-hybridized carbons (Fsp3) is 0.733. The van der Waals surface area contributed by atoms with Crippen molar-refractivity contribution in [3.05, 3.63) is 22.6 Å². The number of rotatable bonds is 8. The van der Waals surface area contributed by atoms with Gasteiger partial charge in [-0.1, -0.05) is 27.7 Å². The largest absolute Gasteiger partial charge is 0.457 e. The minimum atomic E-state index is 0.395. The van der Waals surface area contributed by atoms with Gasteiger partial charge in [-0.3, -0.25) is 0 Å². The molecule has 0 bridgehead atoms. The summed E-state index contributed by atoms with van der Waals surface area (Å²) >= 11 is 3.49. The van der Waals surface area contributed by atoms with Gasteiger partial charge in [-0.2, -0.15) is 0 Å². The average Bonchev–Trinajstić information content (AvgIpc) is 2.69. The van der Waals surface area contributed by atoms with Gasteiger partial charge in [0.25, 0.3) is 0 Å². The first-order chi connectivity index (χ1) is 8.54. The van der Waals surface area contributed by atoms with Crippen molar-refractivity contribution < 1.29 is 4.42 Å². The van der Waals surface area contributed by atoms with Gasteiger partial charge in [-0.25, -0.2) is 0 Å². The molecule has 1 aromatic heterocycles. The van der Waals surface area contributed by atoms with Crippen LogP contribution >= 0.6 is 15.9 Å². The molecule has 0 radical (unpaired) electrons. The normalized spacial score (nSPS) is 15.0. The number of furan rings is 1. The van der Waals surface area contributed by atoms with Gasteiger partial charge in [0, 0.05) is 11.6 Å². The number of nitrogens with one attached hydrogen (secondary N) is 1. The molecule has 2 nitrogen and oxygen atoms in total. The van der Waals surface area contributed by atoms with Crippen LogP contribution in [0.5, 0.6) is 0 Å².